The normalized spacial score (nSPS) is 8.12. The summed E-state index contributed by atoms with van der Waals surface area (Å²) in [6.45, 7) is 1.84. The molecule has 3 nitrogen and oxygen atoms in total. The summed E-state index contributed by atoms with van der Waals surface area (Å²) >= 11 is 4.63. The third kappa shape index (κ3) is 1.63. The second-order valence-electron chi connectivity index (χ2n) is 1.25. The van der Waals surface area contributed by atoms with Gasteiger partial charge in [0.15, 0.2) is 0 Å². The lowest BCUT2D eigenvalue weighted by atomic mass is 10.8. The number of aromatic nitrogens is 3. The first-order chi connectivity index (χ1) is 3.29. The molecule has 0 saturated carbocycles. The molecule has 1 aromatic rings. The molecule has 0 saturated heterocycles. The highest BCUT2D eigenvalue weighted by Crippen LogP contribution is 1.79. The van der Waals surface area contributed by atoms with Gasteiger partial charge in [0.05, 0.1) is 0 Å². The topological polar surface area (TPSA) is 44.5 Å². The fourth-order valence-corrected chi connectivity index (χ4v) is 0.540. The van der Waals surface area contributed by atoms with E-state index in [1.807, 2.05) is 6.92 Å². The van der Waals surface area contributed by atoms with Gasteiger partial charge in [-0.15, -0.1) is 12.4 Å². The molecule has 1 aromatic heterocycles. The highest BCUT2D eigenvalue weighted by Gasteiger charge is 1.79. The predicted molar refractivity (Wildman–Crippen MR) is 35.8 cm³/mol. The molecule has 0 fully saturated rings. The van der Waals surface area contributed by atoms with Gasteiger partial charge in [-0.1, -0.05) is 0 Å². The number of nitrogens with zero attached hydrogens (tertiary/aromatic N) is 1. The Bertz CT molecular complexity index is 202. The van der Waals surface area contributed by atoms with Gasteiger partial charge in [0.2, 0.25) is 4.77 Å². The second kappa shape index (κ2) is 2.84. The van der Waals surface area contributed by atoms with E-state index in [-0.39, 0.29) is 12.4 Å². The molecule has 0 aliphatic carbocycles. The van der Waals surface area contributed by atoms with Crippen LogP contribution in [-0.2, 0) is 0 Å². The molecule has 0 spiro atoms. The van der Waals surface area contributed by atoms with E-state index >= 15 is 0 Å². The van der Waals surface area contributed by atoms with Crippen LogP contribution in [-0.4, -0.2) is 15.2 Å². The summed E-state index contributed by atoms with van der Waals surface area (Å²) in [6, 6.07) is 0. The van der Waals surface area contributed by atoms with Crippen LogP contribution >= 0.6 is 24.6 Å². The minimum absolute atomic E-state index is 0. The van der Waals surface area contributed by atoms with Crippen molar-refractivity contribution in [3.05, 3.63) is 10.6 Å². The molecule has 0 amide bonds. The van der Waals surface area contributed by atoms with Crippen LogP contribution in [0.25, 0.3) is 0 Å². The maximum Gasteiger partial charge on any atom is 0.213 e. The molecule has 1 heterocycles. The number of aromatic amines is 2. The van der Waals surface area contributed by atoms with E-state index in [1.54, 1.807) is 0 Å². The van der Waals surface area contributed by atoms with Crippen LogP contribution in [0.1, 0.15) is 5.82 Å². The Morgan fingerprint density at radius 1 is 1.50 bits per heavy atom. The monoisotopic (exact) mass is 151 g/mol. The zero-order chi connectivity index (χ0) is 5.28. The number of hydrogen-bond acceptors (Lipinski definition) is 2. The first kappa shape index (κ1) is 7.65. The van der Waals surface area contributed by atoms with E-state index in [0.717, 1.165) is 5.82 Å². The maximum atomic E-state index is 4.63. The summed E-state index contributed by atoms with van der Waals surface area (Å²) in [7, 11) is 0. The van der Waals surface area contributed by atoms with Crippen molar-refractivity contribution in [2.75, 3.05) is 0 Å². The van der Waals surface area contributed by atoms with Gasteiger partial charge in [0.25, 0.3) is 0 Å². The number of halogens is 1. The van der Waals surface area contributed by atoms with E-state index < -0.39 is 0 Å². The Labute approximate surface area is 57.9 Å². The highest BCUT2D eigenvalue weighted by molar-refractivity contribution is 7.71. The van der Waals surface area contributed by atoms with Crippen molar-refractivity contribution in [3.63, 3.8) is 0 Å². The smallest absolute Gasteiger partial charge is 0.213 e. The Kier molecular flexibility index (Phi) is 2.71. The Morgan fingerprint density at radius 2 is 2.12 bits per heavy atom. The molecule has 46 valence electrons. The minimum atomic E-state index is 0. The molecule has 0 unspecified atom stereocenters. The third-order valence-corrected chi connectivity index (χ3v) is 0.813. The molecule has 0 radical (unpaired) electrons. The summed E-state index contributed by atoms with van der Waals surface area (Å²) in [6.07, 6.45) is 0. The summed E-state index contributed by atoms with van der Waals surface area (Å²) in [5.74, 6) is 0.824. The first-order valence-corrected chi connectivity index (χ1v) is 2.31. The van der Waals surface area contributed by atoms with E-state index in [1.165, 1.54) is 0 Å². The van der Waals surface area contributed by atoms with Crippen molar-refractivity contribution in [2.24, 2.45) is 0 Å². The van der Waals surface area contributed by atoms with Gasteiger partial charge < -0.3 is 0 Å². The summed E-state index contributed by atoms with van der Waals surface area (Å²) < 4.78 is 0.512. The van der Waals surface area contributed by atoms with Crippen molar-refractivity contribution in [3.8, 4) is 0 Å². The molecule has 0 aliphatic heterocycles. The van der Waals surface area contributed by atoms with Gasteiger partial charge in [0, 0.05) is 0 Å². The standard InChI is InChI=1S/C3H5N3S.ClH/c1-2-4-3(7)6-5-2;/h1H3,(H2,4,5,6,7);1H. The minimum Gasteiger partial charge on any atom is -0.286 e. The Morgan fingerprint density at radius 3 is 2.25 bits per heavy atom. The van der Waals surface area contributed by atoms with E-state index in [4.69, 9.17) is 0 Å². The maximum absolute atomic E-state index is 4.63. The first-order valence-electron chi connectivity index (χ1n) is 1.90. The van der Waals surface area contributed by atoms with Crippen molar-refractivity contribution >= 4 is 24.6 Å². The summed E-state index contributed by atoms with van der Waals surface area (Å²) in [4.78, 5) is 3.81. The molecule has 5 heteroatoms. The summed E-state index contributed by atoms with van der Waals surface area (Å²) in [5, 5.41) is 5.38. The van der Waals surface area contributed by atoms with Crippen LogP contribution in [0, 0.1) is 11.7 Å². The zero-order valence-corrected chi connectivity index (χ0v) is 5.90. The largest absolute Gasteiger partial charge is 0.286 e. The van der Waals surface area contributed by atoms with Crippen molar-refractivity contribution in [1.82, 2.24) is 15.2 Å². The molecule has 0 bridgehead atoms. The number of aryl methyl sites for hydroxylation is 1. The van der Waals surface area contributed by atoms with Crippen molar-refractivity contribution in [2.45, 2.75) is 6.92 Å². The van der Waals surface area contributed by atoms with Crippen LogP contribution < -0.4 is 0 Å². The van der Waals surface area contributed by atoms with Gasteiger partial charge in [-0.25, -0.2) is 4.98 Å². The molecule has 0 aliphatic rings. The number of nitrogens with one attached hydrogen (secondary N) is 2. The zero-order valence-electron chi connectivity index (χ0n) is 4.26. The number of rotatable bonds is 0. The lowest BCUT2D eigenvalue weighted by Crippen LogP contribution is -1.68. The molecule has 2 N–H and O–H groups in total. The molecule has 1 rings (SSSR count). The van der Waals surface area contributed by atoms with E-state index in [0.29, 0.717) is 4.77 Å². The SMILES string of the molecule is Cc1nc(=S)[nH][nH]1.Cl. The fourth-order valence-electron chi connectivity index (χ4n) is 0.352. The predicted octanol–water partition coefficient (Wildman–Crippen LogP) is 1.20. The van der Waals surface area contributed by atoms with Crippen LogP contribution in [0.3, 0.4) is 0 Å². The van der Waals surface area contributed by atoms with E-state index in [2.05, 4.69) is 27.4 Å². The van der Waals surface area contributed by atoms with Crippen LogP contribution in [0.15, 0.2) is 0 Å². The van der Waals surface area contributed by atoms with Gasteiger partial charge in [-0.3, -0.25) is 10.2 Å². The van der Waals surface area contributed by atoms with Crippen molar-refractivity contribution in [1.29, 1.82) is 0 Å². The average molecular weight is 152 g/mol. The third-order valence-electron chi connectivity index (χ3n) is 0.620. The lowest BCUT2D eigenvalue weighted by molar-refractivity contribution is 1.03. The van der Waals surface area contributed by atoms with Gasteiger partial charge >= 0.3 is 0 Å². The molecule has 8 heavy (non-hydrogen) atoms. The Hall–Kier alpha value is -0.350. The second-order valence-corrected chi connectivity index (χ2v) is 1.64. The molecular weight excluding hydrogens is 146 g/mol. The lowest BCUT2D eigenvalue weighted by Gasteiger charge is -1.67. The summed E-state index contributed by atoms with van der Waals surface area (Å²) in [5.41, 5.74) is 0. The molecule has 0 atom stereocenters. The average Bonchev–Trinajstić information content (AvgIpc) is 1.87. The van der Waals surface area contributed by atoms with Crippen LogP contribution in [0.5, 0.6) is 0 Å². The highest BCUT2D eigenvalue weighted by atomic mass is 35.5. The van der Waals surface area contributed by atoms with Crippen LogP contribution in [0.4, 0.5) is 0 Å². The molecular formula is C3H6ClN3S. The van der Waals surface area contributed by atoms with E-state index in [9.17, 15) is 0 Å². The molecule has 0 aromatic carbocycles. The Balaban J connectivity index is 0.000000490. The van der Waals surface area contributed by atoms with Crippen LogP contribution in [0.2, 0.25) is 0 Å². The number of hydrogen-bond donors (Lipinski definition) is 2. The van der Waals surface area contributed by atoms with Crippen molar-refractivity contribution < 1.29 is 0 Å². The van der Waals surface area contributed by atoms with Gasteiger partial charge in [-0.2, -0.15) is 0 Å². The van der Waals surface area contributed by atoms with Gasteiger partial charge in [0.1, 0.15) is 5.82 Å². The quantitative estimate of drug-likeness (QED) is 0.548. The number of H-pyrrole nitrogens is 2. The fraction of sp³-hybridized carbons (Fsp3) is 0.333. The van der Waals surface area contributed by atoms with Gasteiger partial charge in [-0.05, 0) is 19.1 Å².